The molecule has 1 atom stereocenters. The van der Waals surface area contributed by atoms with E-state index in [0.717, 1.165) is 23.2 Å². The highest BCUT2D eigenvalue weighted by molar-refractivity contribution is 6.12. The van der Waals surface area contributed by atoms with Crippen LogP contribution in [0.5, 0.6) is 0 Å². The van der Waals surface area contributed by atoms with E-state index in [1.165, 1.54) is 0 Å². The van der Waals surface area contributed by atoms with Gasteiger partial charge in [0.25, 0.3) is 5.91 Å². The second-order valence-corrected chi connectivity index (χ2v) is 7.20. The van der Waals surface area contributed by atoms with Crippen LogP contribution in [0.4, 0.5) is 5.69 Å². The van der Waals surface area contributed by atoms with Crippen molar-refractivity contribution in [2.75, 3.05) is 11.4 Å². The van der Waals surface area contributed by atoms with Crippen molar-refractivity contribution in [1.82, 2.24) is 0 Å². The molecule has 24 heavy (non-hydrogen) atoms. The van der Waals surface area contributed by atoms with Crippen molar-refractivity contribution in [2.24, 2.45) is 0 Å². The molecule has 0 fully saturated rings. The van der Waals surface area contributed by atoms with Crippen LogP contribution in [-0.4, -0.2) is 24.0 Å². The van der Waals surface area contributed by atoms with Crippen LogP contribution in [0.1, 0.15) is 44.7 Å². The van der Waals surface area contributed by atoms with Crippen LogP contribution in [0, 0.1) is 11.3 Å². The smallest absolute Gasteiger partial charge is 0.318 e. The van der Waals surface area contributed by atoms with E-state index < -0.39 is 17.5 Å². The van der Waals surface area contributed by atoms with Gasteiger partial charge in [-0.15, -0.1) is 0 Å². The van der Waals surface area contributed by atoms with Crippen LogP contribution in [0.3, 0.4) is 0 Å². The summed E-state index contributed by atoms with van der Waals surface area (Å²) < 4.78 is 5.57. The van der Waals surface area contributed by atoms with Gasteiger partial charge in [0.15, 0.2) is 0 Å². The van der Waals surface area contributed by atoms with Crippen molar-refractivity contribution in [3.63, 3.8) is 0 Å². The van der Waals surface area contributed by atoms with Crippen molar-refractivity contribution in [3.8, 4) is 6.07 Å². The zero-order chi connectivity index (χ0) is 17.6. The number of rotatable bonds is 1. The molecule has 0 radical (unpaired) electrons. The number of ether oxygens (including phenoxy) is 1. The maximum absolute atomic E-state index is 12.9. The van der Waals surface area contributed by atoms with Gasteiger partial charge in [0.05, 0.1) is 5.69 Å². The highest BCUT2D eigenvalue weighted by Gasteiger charge is 2.41. The maximum Gasteiger partial charge on any atom is 0.318 e. The van der Waals surface area contributed by atoms with E-state index in [4.69, 9.17) is 4.74 Å². The van der Waals surface area contributed by atoms with Gasteiger partial charge in [-0.1, -0.05) is 18.2 Å². The average Bonchev–Trinajstić information content (AvgIpc) is 2.87. The van der Waals surface area contributed by atoms with Gasteiger partial charge in [-0.3, -0.25) is 9.59 Å². The molecule has 2 aliphatic heterocycles. The van der Waals surface area contributed by atoms with Crippen LogP contribution >= 0.6 is 0 Å². The Morgan fingerprint density at radius 1 is 1.38 bits per heavy atom. The van der Waals surface area contributed by atoms with Gasteiger partial charge in [0, 0.05) is 6.54 Å². The fourth-order valence-corrected chi connectivity index (χ4v) is 3.40. The molecule has 2 aliphatic rings. The quantitative estimate of drug-likeness (QED) is 0.745. The third kappa shape index (κ3) is 2.48. The third-order valence-corrected chi connectivity index (χ3v) is 4.38. The molecule has 0 N–H and O–H groups in total. The molecule has 1 aromatic carbocycles. The summed E-state index contributed by atoms with van der Waals surface area (Å²) in [6, 6.07) is 7.70. The number of hydrogen-bond acceptors (Lipinski definition) is 4. The first-order valence-corrected chi connectivity index (χ1v) is 8.02. The van der Waals surface area contributed by atoms with Gasteiger partial charge in [-0.2, -0.15) is 5.26 Å². The van der Waals surface area contributed by atoms with Crippen molar-refractivity contribution in [1.29, 1.82) is 5.26 Å². The number of carbonyl (C=O) groups is 2. The Kier molecular flexibility index (Phi) is 3.71. The first-order valence-electron chi connectivity index (χ1n) is 8.02. The first-order chi connectivity index (χ1) is 11.2. The molecule has 0 saturated heterocycles. The van der Waals surface area contributed by atoms with Gasteiger partial charge in [0.2, 0.25) is 0 Å². The molecule has 1 aromatic rings. The van der Waals surface area contributed by atoms with Crippen molar-refractivity contribution in [2.45, 2.75) is 45.6 Å². The van der Waals surface area contributed by atoms with E-state index in [1.807, 2.05) is 24.3 Å². The fourth-order valence-electron chi connectivity index (χ4n) is 3.40. The molecule has 124 valence electrons. The fraction of sp³-hybridized carbons (Fsp3) is 0.421. The maximum atomic E-state index is 12.9. The Morgan fingerprint density at radius 2 is 2.08 bits per heavy atom. The minimum absolute atomic E-state index is 0.0370. The summed E-state index contributed by atoms with van der Waals surface area (Å²) in [5, 5.41) is 9.49. The summed E-state index contributed by atoms with van der Waals surface area (Å²) >= 11 is 0. The second-order valence-electron chi connectivity index (χ2n) is 7.20. The predicted molar refractivity (Wildman–Crippen MR) is 89.4 cm³/mol. The topological polar surface area (TPSA) is 70.4 Å². The molecular weight excluding hydrogens is 304 g/mol. The number of anilines is 1. The lowest BCUT2D eigenvalue weighted by Crippen LogP contribution is -2.29. The molecule has 0 saturated carbocycles. The van der Waals surface area contributed by atoms with Gasteiger partial charge < -0.3 is 9.64 Å². The number of nitrogens with zero attached hydrogens (tertiary/aromatic N) is 2. The molecule has 0 aromatic heterocycles. The van der Waals surface area contributed by atoms with Crippen LogP contribution in [0.15, 0.2) is 29.3 Å². The summed E-state index contributed by atoms with van der Waals surface area (Å²) in [6.45, 7) is 7.62. The average molecular weight is 324 g/mol. The number of hydrogen-bond donors (Lipinski definition) is 0. The first kappa shape index (κ1) is 16.3. The molecule has 5 heteroatoms. The molecular formula is C19H20N2O3. The molecule has 0 aliphatic carbocycles. The van der Waals surface area contributed by atoms with Gasteiger partial charge in [-0.05, 0) is 50.8 Å². The molecule has 0 bridgehead atoms. The summed E-state index contributed by atoms with van der Waals surface area (Å²) in [5.41, 5.74) is 2.40. The number of amides is 1. The van der Waals surface area contributed by atoms with E-state index in [-0.39, 0.29) is 11.5 Å². The van der Waals surface area contributed by atoms with Gasteiger partial charge >= 0.3 is 5.97 Å². The molecule has 5 nitrogen and oxygen atoms in total. The highest BCUT2D eigenvalue weighted by Crippen LogP contribution is 2.43. The van der Waals surface area contributed by atoms with Crippen molar-refractivity contribution >= 4 is 17.6 Å². The lowest BCUT2D eigenvalue weighted by atomic mass is 9.88. The molecule has 0 spiro atoms. The standard InChI is InChI=1S/C19H20N2O3/c1-11-14(10-20)17(22)21-9-8-12-6-5-7-13(16(12)21)15(11)18(23)24-19(2,3)4/h5-7,15H,8-9H2,1-4H3. The number of esters is 1. The van der Waals surface area contributed by atoms with Crippen molar-refractivity contribution in [3.05, 3.63) is 40.5 Å². The van der Waals surface area contributed by atoms with Gasteiger partial charge in [-0.25, -0.2) is 0 Å². The second kappa shape index (κ2) is 5.48. The zero-order valence-corrected chi connectivity index (χ0v) is 14.3. The number of nitriles is 1. The van der Waals surface area contributed by atoms with E-state index in [2.05, 4.69) is 0 Å². The van der Waals surface area contributed by atoms with Gasteiger partial charge in [0.1, 0.15) is 23.2 Å². The van der Waals surface area contributed by atoms with Crippen molar-refractivity contribution < 1.29 is 14.3 Å². The summed E-state index contributed by atoms with van der Waals surface area (Å²) in [5.74, 6) is -1.49. The van der Waals surface area contributed by atoms with Crippen LogP contribution < -0.4 is 4.90 Å². The molecule has 3 rings (SSSR count). The Labute approximate surface area is 141 Å². The number of para-hydroxylation sites is 1. The van der Waals surface area contributed by atoms with E-state index in [1.54, 1.807) is 32.6 Å². The monoisotopic (exact) mass is 324 g/mol. The Morgan fingerprint density at radius 3 is 2.71 bits per heavy atom. The minimum atomic E-state index is -0.735. The Hall–Kier alpha value is -2.61. The Bertz CT molecular complexity index is 809. The highest BCUT2D eigenvalue weighted by atomic mass is 16.6. The van der Waals surface area contributed by atoms with E-state index in [9.17, 15) is 14.9 Å². The largest absolute Gasteiger partial charge is 0.459 e. The predicted octanol–water partition coefficient (Wildman–Crippen LogP) is 2.85. The van der Waals surface area contributed by atoms with E-state index in [0.29, 0.717) is 12.1 Å². The minimum Gasteiger partial charge on any atom is -0.459 e. The lowest BCUT2D eigenvalue weighted by Gasteiger charge is -2.25. The van der Waals surface area contributed by atoms with Crippen LogP contribution in [-0.2, 0) is 20.7 Å². The SMILES string of the molecule is CC1=C(C#N)C(=O)N2CCc3cccc(c32)C1C(=O)OC(C)(C)C. The number of carbonyl (C=O) groups excluding carboxylic acids is 2. The zero-order valence-electron chi connectivity index (χ0n) is 14.3. The van der Waals surface area contributed by atoms with E-state index >= 15 is 0 Å². The van der Waals surface area contributed by atoms with Crippen LogP contribution in [0.25, 0.3) is 0 Å². The third-order valence-electron chi connectivity index (χ3n) is 4.38. The molecule has 1 amide bonds. The molecule has 1 unspecified atom stereocenters. The lowest BCUT2D eigenvalue weighted by molar-refractivity contribution is -0.155. The summed E-state index contributed by atoms with van der Waals surface area (Å²) in [6.07, 6.45) is 0.730. The Balaban J connectivity index is 2.22. The summed E-state index contributed by atoms with van der Waals surface area (Å²) in [7, 11) is 0. The van der Waals surface area contributed by atoms with Crippen LogP contribution in [0.2, 0.25) is 0 Å². The number of benzene rings is 1. The normalized spacial score (nSPS) is 19.7. The molecule has 2 heterocycles. The summed E-state index contributed by atoms with van der Waals surface area (Å²) in [4.78, 5) is 27.2.